The smallest absolute Gasteiger partial charge is 0.217 e. The summed E-state index contributed by atoms with van der Waals surface area (Å²) in [7, 11) is 0. The van der Waals surface area contributed by atoms with Crippen molar-refractivity contribution in [1.82, 2.24) is 9.96 Å². The van der Waals surface area contributed by atoms with Gasteiger partial charge in [0.1, 0.15) is 12.4 Å². The summed E-state index contributed by atoms with van der Waals surface area (Å²) in [6, 6.07) is 15.0. The van der Waals surface area contributed by atoms with Gasteiger partial charge in [0.2, 0.25) is 5.91 Å². The Morgan fingerprint density at radius 1 is 1.18 bits per heavy atom. The first-order valence-electron chi connectivity index (χ1n) is 12.2. The molecule has 6 heteroatoms. The fraction of sp³-hybridized carbons (Fsp3) is 0.519. The minimum atomic E-state index is -0.257. The fourth-order valence-electron chi connectivity index (χ4n) is 4.45. The molecule has 0 saturated carbocycles. The third-order valence-corrected chi connectivity index (χ3v) is 6.49. The second-order valence-electron chi connectivity index (χ2n) is 9.30. The molecule has 0 aliphatic carbocycles. The van der Waals surface area contributed by atoms with Crippen molar-refractivity contribution in [2.24, 2.45) is 5.73 Å². The Hall–Kier alpha value is -2.41. The van der Waals surface area contributed by atoms with E-state index < -0.39 is 0 Å². The van der Waals surface area contributed by atoms with Crippen LogP contribution in [0.4, 0.5) is 0 Å². The number of piperidine rings is 1. The maximum absolute atomic E-state index is 11.0. The van der Waals surface area contributed by atoms with Gasteiger partial charge in [-0.2, -0.15) is 5.06 Å². The molecule has 1 heterocycles. The molecule has 1 aliphatic rings. The summed E-state index contributed by atoms with van der Waals surface area (Å²) >= 11 is 0. The van der Waals surface area contributed by atoms with E-state index in [2.05, 4.69) is 43.0 Å². The first-order valence-corrected chi connectivity index (χ1v) is 12.2. The number of ether oxygens (including phenoxy) is 1. The third kappa shape index (κ3) is 7.84. The van der Waals surface area contributed by atoms with Crippen LogP contribution in [0.15, 0.2) is 54.1 Å². The SMILES string of the molecule is CC(C)N1CCC(N(O)CC(=CCCCCC(N)=O)COc2cccc3ccccc23)CC1. The van der Waals surface area contributed by atoms with Gasteiger partial charge in [-0.15, -0.1) is 0 Å². The number of rotatable bonds is 12. The van der Waals surface area contributed by atoms with Crippen LogP contribution in [0.1, 0.15) is 52.4 Å². The van der Waals surface area contributed by atoms with E-state index in [0.717, 1.165) is 67.3 Å². The minimum absolute atomic E-state index is 0.163. The molecule has 2 aromatic rings. The number of likely N-dealkylation sites (tertiary alicyclic amines) is 1. The van der Waals surface area contributed by atoms with Crippen LogP contribution in [-0.4, -0.2) is 59.4 Å². The summed E-state index contributed by atoms with van der Waals surface area (Å²) < 4.78 is 6.23. The number of nitrogens with zero attached hydrogens (tertiary/aromatic N) is 2. The van der Waals surface area contributed by atoms with Crippen molar-refractivity contribution in [3.63, 3.8) is 0 Å². The van der Waals surface area contributed by atoms with Gasteiger partial charge in [-0.05, 0) is 76.1 Å². The van der Waals surface area contributed by atoms with Crippen molar-refractivity contribution >= 4 is 16.7 Å². The summed E-state index contributed by atoms with van der Waals surface area (Å²) in [6.45, 7) is 7.36. The topological polar surface area (TPSA) is 79.0 Å². The summed E-state index contributed by atoms with van der Waals surface area (Å²) in [5.41, 5.74) is 6.30. The molecule has 1 saturated heterocycles. The first-order chi connectivity index (χ1) is 15.9. The third-order valence-electron chi connectivity index (χ3n) is 6.49. The second kappa shape index (κ2) is 12.7. The van der Waals surface area contributed by atoms with Gasteiger partial charge >= 0.3 is 0 Å². The Bertz CT molecular complexity index is 914. The number of primary amides is 1. The molecule has 180 valence electrons. The van der Waals surface area contributed by atoms with E-state index in [1.165, 1.54) is 5.06 Å². The Morgan fingerprint density at radius 3 is 2.64 bits per heavy atom. The van der Waals surface area contributed by atoms with Gasteiger partial charge in [0, 0.05) is 30.4 Å². The highest BCUT2D eigenvalue weighted by Gasteiger charge is 2.25. The number of carbonyl (C=O) groups is 1. The molecule has 3 rings (SSSR count). The van der Waals surface area contributed by atoms with E-state index in [1.54, 1.807) is 0 Å². The molecule has 0 spiro atoms. The van der Waals surface area contributed by atoms with Gasteiger partial charge in [-0.1, -0.05) is 42.5 Å². The van der Waals surface area contributed by atoms with E-state index in [4.69, 9.17) is 10.5 Å². The molecule has 1 fully saturated rings. The average molecular weight is 454 g/mol. The van der Waals surface area contributed by atoms with Crippen molar-refractivity contribution in [2.45, 2.75) is 64.5 Å². The predicted octanol–water partition coefficient (Wildman–Crippen LogP) is 4.75. The number of carbonyl (C=O) groups excluding carboxylic acids is 1. The van der Waals surface area contributed by atoms with Gasteiger partial charge in [0.05, 0.1) is 0 Å². The maximum Gasteiger partial charge on any atom is 0.217 e. The highest BCUT2D eigenvalue weighted by Crippen LogP contribution is 2.26. The van der Waals surface area contributed by atoms with Crippen LogP contribution in [0, 0.1) is 0 Å². The van der Waals surface area contributed by atoms with Crippen LogP contribution in [0.2, 0.25) is 0 Å². The average Bonchev–Trinajstić information content (AvgIpc) is 2.81. The van der Waals surface area contributed by atoms with Gasteiger partial charge in [-0.3, -0.25) is 4.79 Å². The van der Waals surface area contributed by atoms with E-state index in [-0.39, 0.29) is 11.9 Å². The molecular weight excluding hydrogens is 414 g/mol. The number of unbranched alkanes of at least 4 members (excludes halogenated alkanes) is 2. The molecule has 0 radical (unpaired) electrons. The zero-order valence-electron chi connectivity index (χ0n) is 20.1. The molecule has 1 amide bonds. The van der Waals surface area contributed by atoms with Crippen LogP contribution in [0.25, 0.3) is 10.8 Å². The standard InChI is InChI=1S/C27H39N3O3/c1-21(2)29-17-15-24(16-18-29)30(32)19-22(9-4-3-5-14-27(28)31)20-33-26-13-8-11-23-10-6-7-12-25(23)26/h6-13,21,24,32H,3-5,14-20H2,1-2H3,(H2,28,31). The lowest BCUT2D eigenvalue weighted by Crippen LogP contribution is -2.46. The van der Waals surface area contributed by atoms with Gasteiger partial charge < -0.3 is 20.6 Å². The van der Waals surface area contributed by atoms with Crippen LogP contribution in [-0.2, 0) is 4.79 Å². The minimum Gasteiger partial charge on any atom is -0.489 e. The summed E-state index contributed by atoms with van der Waals surface area (Å²) in [5.74, 6) is 0.593. The van der Waals surface area contributed by atoms with E-state index in [0.29, 0.717) is 25.6 Å². The number of hydrogen-bond acceptors (Lipinski definition) is 5. The van der Waals surface area contributed by atoms with Crippen molar-refractivity contribution < 1.29 is 14.7 Å². The lowest BCUT2D eigenvalue weighted by molar-refractivity contribution is -0.133. The molecular formula is C27H39N3O3. The van der Waals surface area contributed by atoms with Gasteiger partial charge in [0.15, 0.2) is 0 Å². The van der Waals surface area contributed by atoms with E-state index in [9.17, 15) is 10.0 Å². The van der Waals surface area contributed by atoms with Crippen LogP contribution in [0.5, 0.6) is 5.75 Å². The van der Waals surface area contributed by atoms with Crippen LogP contribution in [0.3, 0.4) is 0 Å². The van der Waals surface area contributed by atoms with Gasteiger partial charge in [-0.25, -0.2) is 0 Å². The van der Waals surface area contributed by atoms with Crippen molar-refractivity contribution in [1.29, 1.82) is 0 Å². The first kappa shape index (κ1) is 25.2. The van der Waals surface area contributed by atoms with Crippen molar-refractivity contribution in [3.05, 3.63) is 54.1 Å². The maximum atomic E-state index is 11.0. The lowest BCUT2D eigenvalue weighted by Gasteiger charge is -2.37. The fourth-order valence-corrected chi connectivity index (χ4v) is 4.45. The molecule has 1 aliphatic heterocycles. The lowest BCUT2D eigenvalue weighted by atomic mass is 10.0. The Balaban J connectivity index is 1.62. The van der Waals surface area contributed by atoms with Gasteiger partial charge in [0.25, 0.3) is 0 Å². The normalized spacial score (nSPS) is 16.1. The second-order valence-corrected chi connectivity index (χ2v) is 9.30. The van der Waals surface area contributed by atoms with Crippen molar-refractivity contribution in [2.75, 3.05) is 26.2 Å². The highest BCUT2D eigenvalue weighted by atomic mass is 16.5. The Labute approximate surface area is 198 Å². The zero-order chi connectivity index (χ0) is 23.6. The zero-order valence-corrected chi connectivity index (χ0v) is 20.1. The Kier molecular flexibility index (Phi) is 9.73. The van der Waals surface area contributed by atoms with Crippen LogP contribution < -0.4 is 10.5 Å². The molecule has 0 atom stereocenters. The summed E-state index contributed by atoms with van der Waals surface area (Å²) in [4.78, 5) is 13.5. The molecule has 33 heavy (non-hydrogen) atoms. The molecule has 0 unspecified atom stereocenters. The number of nitrogens with two attached hydrogens (primary N) is 1. The highest BCUT2D eigenvalue weighted by molar-refractivity contribution is 5.88. The number of benzene rings is 2. The molecule has 2 aromatic carbocycles. The van der Waals surface area contributed by atoms with Crippen molar-refractivity contribution in [3.8, 4) is 5.75 Å². The largest absolute Gasteiger partial charge is 0.489 e. The molecule has 6 nitrogen and oxygen atoms in total. The van der Waals surface area contributed by atoms with Crippen LogP contribution >= 0.6 is 0 Å². The van der Waals surface area contributed by atoms with E-state index >= 15 is 0 Å². The Morgan fingerprint density at radius 2 is 1.91 bits per heavy atom. The number of allylic oxidation sites excluding steroid dienone is 1. The number of fused-ring (bicyclic) bond motifs is 1. The monoisotopic (exact) mass is 453 g/mol. The molecule has 3 N–H and O–H groups in total. The number of amides is 1. The number of hydroxylamine groups is 2. The summed E-state index contributed by atoms with van der Waals surface area (Å²) in [6.07, 6.45) is 6.99. The number of hydrogen-bond donors (Lipinski definition) is 2. The quantitative estimate of drug-likeness (QED) is 0.275. The molecule has 0 bridgehead atoms. The van der Waals surface area contributed by atoms with E-state index in [1.807, 2.05) is 24.3 Å². The predicted molar refractivity (Wildman–Crippen MR) is 133 cm³/mol. The molecule has 0 aromatic heterocycles. The summed E-state index contributed by atoms with van der Waals surface area (Å²) in [5, 5.41) is 14.6.